The van der Waals surface area contributed by atoms with Gasteiger partial charge in [-0.2, -0.15) is 10.1 Å². The molecule has 2 fully saturated rings. The average molecular weight is 499 g/mol. The first-order valence-electron chi connectivity index (χ1n) is 10.3. The summed E-state index contributed by atoms with van der Waals surface area (Å²) in [5, 5.41) is 5.21. The topological polar surface area (TPSA) is 68.2 Å². The second-order valence-electron chi connectivity index (χ2n) is 8.14. The van der Waals surface area contributed by atoms with Gasteiger partial charge in [0.1, 0.15) is 12.4 Å². The molecule has 4 atom stereocenters. The monoisotopic (exact) mass is 498 g/mol. The molecule has 164 valence electrons. The maximum atomic E-state index is 13.9. The van der Waals surface area contributed by atoms with Gasteiger partial charge in [-0.25, -0.2) is 4.39 Å². The number of allylic oxidation sites excluding steroid dienone is 2. The largest absolute Gasteiger partial charge is 0.493 e. The number of hydrazone groups is 1. The molecule has 2 aromatic rings. The van der Waals surface area contributed by atoms with E-state index in [1.165, 1.54) is 19.4 Å². The third kappa shape index (κ3) is 3.43. The van der Waals surface area contributed by atoms with Crippen LogP contribution in [0.3, 0.4) is 0 Å². The minimum Gasteiger partial charge on any atom is -0.493 e. The number of halogens is 2. The van der Waals surface area contributed by atoms with Gasteiger partial charge in [0.25, 0.3) is 11.8 Å². The van der Waals surface area contributed by atoms with E-state index in [9.17, 15) is 14.0 Å². The first-order valence-corrected chi connectivity index (χ1v) is 11.1. The molecule has 32 heavy (non-hydrogen) atoms. The van der Waals surface area contributed by atoms with Crippen molar-refractivity contribution in [3.05, 3.63) is 70.0 Å². The summed E-state index contributed by atoms with van der Waals surface area (Å²) in [6.45, 7) is 0.0405. The fraction of sp³-hybridized carbons (Fsp3) is 0.292. The van der Waals surface area contributed by atoms with Crippen molar-refractivity contribution in [2.45, 2.75) is 13.0 Å². The van der Waals surface area contributed by atoms with Crippen molar-refractivity contribution in [1.82, 2.24) is 5.01 Å². The Bertz CT molecular complexity index is 1130. The van der Waals surface area contributed by atoms with Crippen LogP contribution in [0, 0.1) is 29.5 Å². The lowest BCUT2D eigenvalue weighted by atomic mass is 9.85. The molecule has 6 nitrogen and oxygen atoms in total. The summed E-state index contributed by atoms with van der Waals surface area (Å²) < 4.78 is 25.7. The Hall–Kier alpha value is -3.00. The Kier molecular flexibility index (Phi) is 5.33. The molecule has 2 aromatic carbocycles. The number of hydrogen-bond acceptors (Lipinski definition) is 5. The Morgan fingerprint density at radius 1 is 1.12 bits per heavy atom. The van der Waals surface area contributed by atoms with Crippen LogP contribution in [0.15, 0.2) is 58.1 Å². The number of methoxy groups -OCH3 is 1. The van der Waals surface area contributed by atoms with Crippen molar-refractivity contribution in [1.29, 1.82) is 0 Å². The molecule has 2 aliphatic carbocycles. The Morgan fingerprint density at radius 2 is 1.81 bits per heavy atom. The highest BCUT2D eigenvalue weighted by atomic mass is 79.9. The predicted molar refractivity (Wildman–Crippen MR) is 119 cm³/mol. The number of imide groups is 1. The van der Waals surface area contributed by atoms with E-state index in [0.29, 0.717) is 27.1 Å². The van der Waals surface area contributed by atoms with Crippen LogP contribution >= 0.6 is 15.9 Å². The number of carbonyl (C=O) groups is 2. The van der Waals surface area contributed by atoms with E-state index in [-0.39, 0.29) is 47.9 Å². The van der Waals surface area contributed by atoms with E-state index in [2.05, 4.69) is 21.0 Å². The van der Waals surface area contributed by atoms with Gasteiger partial charge < -0.3 is 9.47 Å². The molecule has 1 saturated heterocycles. The van der Waals surface area contributed by atoms with Crippen molar-refractivity contribution in [2.75, 3.05) is 7.11 Å². The Morgan fingerprint density at radius 3 is 2.47 bits per heavy atom. The number of nitrogens with zero attached hydrogens (tertiary/aromatic N) is 2. The van der Waals surface area contributed by atoms with Crippen LogP contribution < -0.4 is 9.47 Å². The highest BCUT2D eigenvalue weighted by molar-refractivity contribution is 9.10. The van der Waals surface area contributed by atoms with Crippen molar-refractivity contribution in [3.8, 4) is 11.5 Å². The van der Waals surface area contributed by atoms with E-state index >= 15 is 0 Å². The SMILES string of the molecule is COc1cc(C=NN2C(=O)[C@@H]3[C@H](C2=O)[C@H]2C=C[C@H]3C2)c(Br)cc1OCc1ccccc1F. The average Bonchev–Trinajstić information content (AvgIpc) is 3.47. The molecule has 0 N–H and O–H groups in total. The normalized spacial score (nSPS) is 25.8. The molecule has 0 unspecified atom stereocenters. The van der Waals surface area contributed by atoms with Gasteiger partial charge in [0.2, 0.25) is 0 Å². The van der Waals surface area contributed by atoms with Crippen LogP contribution in [-0.2, 0) is 16.2 Å². The van der Waals surface area contributed by atoms with Crippen molar-refractivity contribution in [3.63, 3.8) is 0 Å². The zero-order valence-corrected chi connectivity index (χ0v) is 18.8. The minimum absolute atomic E-state index is 0.0405. The first-order chi connectivity index (χ1) is 15.5. The second kappa shape index (κ2) is 8.16. The summed E-state index contributed by atoms with van der Waals surface area (Å²) in [5.41, 5.74) is 1.04. The van der Waals surface area contributed by atoms with Gasteiger partial charge in [-0.1, -0.05) is 30.4 Å². The number of hydrogen-bond donors (Lipinski definition) is 0. The van der Waals surface area contributed by atoms with Gasteiger partial charge in [-0.15, -0.1) is 0 Å². The Labute approximate surface area is 192 Å². The van der Waals surface area contributed by atoms with Crippen molar-refractivity contribution < 1.29 is 23.5 Å². The van der Waals surface area contributed by atoms with Crippen LogP contribution in [0.25, 0.3) is 0 Å². The molecule has 2 amide bonds. The lowest BCUT2D eigenvalue weighted by Crippen LogP contribution is -2.28. The van der Waals surface area contributed by atoms with Crippen molar-refractivity contribution >= 4 is 34.0 Å². The fourth-order valence-electron chi connectivity index (χ4n) is 4.81. The standard InChI is InChI=1S/C24H20BrFN2O4/c1-31-19-9-16(17(25)10-20(19)32-12-15-4-2-3-5-18(15)26)11-27-28-23(29)21-13-6-7-14(8-13)22(21)24(28)30/h2-7,9-11,13-14,21-22H,8,12H2,1H3/t13-,14-,21-,22+/m0/s1. The third-order valence-corrected chi connectivity index (χ3v) is 7.07. The van der Waals surface area contributed by atoms with E-state index in [1.54, 1.807) is 30.3 Å². The second-order valence-corrected chi connectivity index (χ2v) is 8.99. The summed E-state index contributed by atoms with van der Waals surface area (Å²) in [4.78, 5) is 25.6. The molecule has 1 saturated carbocycles. The van der Waals surface area contributed by atoms with E-state index in [0.717, 1.165) is 11.4 Å². The quantitative estimate of drug-likeness (QED) is 0.338. The van der Waals surface area contributed by atoms with Gasteiger partial charge in [0.15, 0.2) is 11.5 Å². The molecule has 2 bridgehead atoms. The molecule has 0 spiro atoms. The molecule has 3 aliphatic rings. The van der Waals surface area contributed by atoms with Crippen LogP contribution in [0.4, 0.5) is 4.39 Å². The highest BCUT2D eigenvalue weighted by Gasteiger charge is 2.59. The molecule has 0 aromatic heterocycles. The predicted octanol–water partition coefficient (Wildman–Crippen LogP) is 4.32. The third-order valence-electron chi connectivity index (χ3n) is 6.38. The van der Waals surface area contributed by atoms with E-state index in [4.69, 9.17) is 9.47 Å². The zero-order chi connectivity index (χ0) is 22.4. The number of benzene rings is 2. The number of fused-ring (bicyclic) bond motifs is 5. The fourth-order valence-corrected chi connectivity index (χ4v) is 5.24. The number of carbonyl (C=O) groups excluding carboxylic acids is 2. The van der Waals surface area contributed by atoms with Gasteiger partial charge in [0, 0.05) is 15.6 Å². The summed E-state index contributed by atoms with van der Waals surface area (Å²) in [7, 11) is 1.50. The van der Waals surface area contributed by atoms with Crippen LogP contribution in [0.2, 0.25) is 0 Å². The minimum atomic E-state index is -0.345. The number of rotatable bonds is 6. The summed E-state index contributed by atoms with van der Waals surface area (Å²) >= 11 is 3.47. The first kappa shape index (κ1) is 20.9. The summed E-state index contributed by atoms with van der Waals surface area (Å²) in [5.74, 6) is -0.276. The van der Waals surface area contributed by atoms with E-state index < -0.39 is 0 Å². The van der Waals surface area contributed by atoms with Crippen LogP contribution in [-0.4, -0.2) is 30.1 Å². The summed E-state index contributed by atoms with van der Waals surface area (Å²) in [6.07, 6.45) is 6.43. The molecule has 8 heteroatoms. The Balaban J connectivity index is 1.34. The number of ether oxygens (including phenoxy) is 2. The molecule has 0 radical (unpaired) electrons. The number of amides is 2. The molecular formula is C24H20BrFN2O4. The summed E-state index contributed by atoms with van der Waals surface area (Å²) in [6, 6.07) is 9.76. The molecular weight excluding hydrogens is 479 g/mol. The highest BCUT2D eigenvalue weighted by Crippen LogP contribution is 2.52. The smallest absolute Gasteiger partial charge is 0.254 e. The van der Waals surface area contributed by atoms with E-state index in [1.807, 2.05) is 12.2 Å². The van der Waals surface area contributed by atoms with Gasteiger partial charge in [-0.3, -0.25) is 9.59 Å². The molecule has 5 rings (SSSR count). The van der Waals surface area contributed by atoms with Crippen molar-refractivity contribution in [2.24, 2.45) is 28.8 Å². The van der Waals surface area contributed by atoms with Crippen LogP contribution in [0.1, 0.15) is 17.5 Å². The zero-order valence-electron chi connectivity index (χ0n) is 17.2. The maximum absolute atomic E-state index is 13.9. The van der Waals surface area contributed by atoms with Gasteiger partial charge in [-0.05, 0) is 52.4 Å². The molecule has 1 heterocycles. The van der Waals surface area contributed by atoms with Gasteiger partial charge >= 0.3 is 0 Å². The lowest BCUT2D eigenvalue weighted by molar-refractivity contribution is -0.140. The van der Waals surface area contributed by atoms with Crippen LogP contribution in [0.5, 0.6) is 11.5 Å². The lowest BCUT2D eigenvalue weighted by Gasteiger charge is -2.14. The van der Waals surface area contributed by atoms with Gasteiger partial charge in [0.05, 0.1) is 25.2 Å². The molecule has 1 aliphatic heterocycles. The maximum Gasteiger partial charge on any atom is 0.254 e.